The minimum Gasteiger partial charge on any atom is -0.452 e. The highest BCUT2D eigenvalue weighted by Gasteiger charge is 2.12. The van der Waals surface area contributed by atoms with Crippen molar-refractivity contribution in [2.45, 2.75) is 13.8 Å². The monoisotopic (exact) mass is 418 g/mol. The highest BCUT2D eigenvalue weighted by molar-refractivity contribution is 9.10. The highest BCUT2D eigenvalue weighted by Crippen LogP contribution is 2.17. The molecule has 2 N–H and O–H groups in total. The molecule has 0 aromatic heterocycles. The Bertz CT molecular complexity index is 836. The molecule has 6 nitrogen and oxygen atoms in total. The minimum atomic E-state index is -0.610. The Kier molecular flexibility index (Phi) is 6.91. The lowest BCUT2D eigenvalue weighted by molar-refractivity contribution is -0.126. The third kappa shape index (κ3) is 5.70. The lowest BCUT2D eigenvalue weighted by Gasteiger charge is -2.11. The summed E-state index contributed by atoms with van der Waals surface area (Å²) in [4.78, 5) is 35.5. The van der Waals surface area contributed by atoms with Crippen LogP contribution in [-0.4, -0.2) is 30.9 Å². The van der Waals surface area contributed by atoms with Crippen molar-refractivity contribution >= 4 is 39.4 Å². The molecule has 0 radical (unpaired) electrons. The van der Waals surface area contributed by atoms with Gasteiger partial charge in [-0.3, -0.25) is 9.59 Å². The molecule has 0 heterocycles. The van der Waals surface area contributed by atoms with Crippen molar-refractivity contribution in [3.05, 3.63) is 63.6 Å². The van der Waals surface area contributed by atoms with Crippen LogP contribution in [0.3, 0.4) is 0 Å². The molecule has 0 atom stereocenters. The molecule has 0 aliphatic heterocycles. The molecule has 2 rings (SSSR count). The van der Waals surface area contributed by atoms with E-state index in [0.29, 0.717) is 11.3 Å². The topological polar surface area (TPSA) is 84.5 Å². The summed E-state index contributed by atoms with van der Waals surface area (Å²) in [5, 5.41) is 5.15. The number of benzene rings is 2. The smallest absolute Gasteiger partial charge is 0.338 e. The maximum atomic E-state index is 11.9. The van der Waals surface area contributed by atoms with E-state index in [1.165, 1.54) is 0 Å². The Balaban J connectivity index is 1.77. The number of amides is 2. The van der Waals surface area contributed by atoms with Gasteiger partial charge in [-0.2, -0.15) is 0 Å². The first-order valence-corrected chi connectivity index (χ1v) is 8.71. The van der Waals surface area contributed by atoms with Crippen LogP contribution in [0.25, 0.3) is 0 Å². The molecule has 0 unspecified atom stereocenters. The van der Waals surface area contributed by atoms with Crippen molar-refractivity contribution in [1.82, 2.24) is 5.32 Å². The van der Waals surface area contributed by atoms with Crippen LogP contribution < -0.4 is 10.6 Å². The van der Waals surface area contributed by atoms with Gasteiger partial charge in [0.25, 0.3) is 5.91 Å². The van der Waals surface area contributed by atoms with Crippen LogP contribution in [0.4, 0.5) is 5.69 Å². The van der Waals surface area contributed by atoms with Gasteiger partial charge in [-0.15, -0.1) is 0 Å². The molecule has 0 spiro atoms. The molecular formula is C19H19BrN2O4. The van der Waals surface area contributed by atoms with Crippen molar-refractivity contribution in [3.63, 3.8) is 0 Å². The number of rotatable bonds is 6. The number of hydrogen-bond acceptors (Lipinski definition) is 4. The van der Waals surface area contributed by atoms with Gasteiger partial charge in [0.05, 0.1) is 12.1 Å². The first-order chi connectivity index (χ1) is 12.4. The fourth-order valence-electron chi connectivity index (χ4n) is 2.14. The summed E-state index contributed by atoms with van der Waals surface area (Å²) in [7, 11) is 0. The van der Waals surface area contributed by atoms with E-state index in [2.05, 4.69) is 26.6 Å². The number of carbonyl (C=O) groups is 3. The number of aryl methyl sites for hydroxylation is 1. The molecule has 0 fully saturated rings. The summed E-state index contributed by atoms with van der Waals surface area (Å²) in [6, 6.07) is 12.2. The highest BCUT2D eigenvalue weighted by atomic mass is 79.9. The Labute approximate surface area is 160 Å². The van der Waals surface area contributed by atoms with E-state index >= 15 is 0 Å². The largest absolute Gasteiger partial charge is 0.452 e. The fourth-order valence-corrected chi connectivity index (χ4v) is 2.54. The number of anilines is 1. The maximum absolute atomic E-state index is 11.9. The summed E-state index contributed by atoms with van der Waals surface area (Å²) < 4.78 is 5.66. The van der Waals surface area contributed by atoms with E-state index in [1.54, 1.807) is 30.3 Å². The van der Waals surface area contributed by atoms with E-state index in [1.807, 2.05) is 26.0 Å². The summed E-state index contributed by atoms with van der Waals surface area (Å²) in [5.74, 6) is -1.52. The van der Waals surface area contributed by atoms with Gasteiger partial charge in [-0.05, 0) is 49.2 Å². The van der Waals surface area contributed by atoms with E-state index in [9.17, 15) is 14.4 Å². The molecular weight excluding hydrogens is 400 g/mol. The van der Waals surface area contributed by atoms with Crippen LogP contribution >= 0.6 is 15.9 Å². The molecule has 2 aromatic carbocycles. The number of halogens is 1. The predicted molar refractivity (Wildman–Crippen MR) is 102 cm³/mol. The van der Waals surface area contributed by atoms with Crippen LogP contribution in [0.5, 0.6) is 0 Å². The lowest BCUT2D eigenvalue weighted by Crippen LogP contribution is -2.35. The van der Waals surface area contributed by atoms with Gasteiger partial charge in [0.2, 0.25) is 5.91 Å². The molecule has 0 aliphatic rings. The molecule has 2 aromatic rings. The number of carbonyl (C=O) groups excluding carboxylic acids is 3. The van der Waals surface area contributed by atoms with Gasteiger partial charge in [0.15, 0.2) is 6.61 Å². The summed E-state index contributed by atoms with van der Waals surface area (Å²) in [6.45, 7) is 3.19. The second-order valence-corrected chi connectivity index (χ2v) is 6.57. The lowest BCUT2D eigenvalue weighted by atomic mass is 10.1. The van der Waals surface area contributed by atoms with E-state index in [4.69, 9.17) is 4.74 Å². The fraction of sp³-hybridized carbons (Fsp3) is 0.211. The van der Waals surface area contributed by atoms with Gasteiger partial charge < -0.3 is 15.4 Å². The van der Waals surface area contributed by atoms with Gasteiger partial charge >= 0.3 is 5.97 Å². The van der Waals surface area contributed by atoms with Crippen LogP contribution in [0.15, 0.2) is 46.9 Å². The molecule has 0 saturated carbocycles. The molecule has 0 saturated heterocycles. The van der Waals surface area contributed by atoms with Crippen LogP contribution in [-0.2, 0) is 14.3 Å². The van der Waals surface area contributed by atoms with Crippen LogP contribution in [0.2, 0.25) is 0 Å². The Morgan fingerprint density at radius 2 is 1.77 bits per heavy atom. The summed E-state index contributed by atoms with van der Waals surface area (Å²) >= 11 is 3.26. The molecule has 7 heteroatoms. The SMILES string of the molecule is Cc1cccc(NC(=O)CNC(=O)COC(=O)c2cccc(Br)c2)c1C. The van der Waals surface area contributed by atoms with Crippen molar-refractivity contribution in [2.24, 2.45) is 0 Å². The molecule has 26 heavy (non-hydrogen) atoms. The van der Waals surface area contributed by atoms with Crippen molar-refractivity contribution < 1.29 is 19.1 Å². The van der Waals surface area contributed by atoms with Crippen molar-refractivity contribution in [2.75, 3.05) is 18.5 Å². The third-order valence-electron chi connectivity index (χ3n) is 3.72. The van der Waals surface area contributed by atoms with Crippen molar-refractivity contribution in [1.29, 1.82) is 0 Å². The summed E-state index contributed by atoms with van der Waals surface area (Å²) in [6.07, 6.45) is 0. The zero-order valence-corrected chi connectivity index (χ0v) is 16.1. The number of nitrogens with one attached hydrogen (secondary N) is 2. The molecule has 136 valence electrons. The molecule has 0 aliphatic carbocycles. The average molecular weight is 419 g/mol. The minimum absolute atomic E-state index is 0.208. The second-order valence-electron chi connectivity index (χ2n) is 5.66. The van der Waals surface area contributed by atoms with Gasteiger partial charge in [-0.1, -0.05) is 34.1 Å². The third-order valence-corrected chi connectivity index (χ3v) is 4.21. The summed E-state index contributed by atoms with van der Waals surface area (Å²) in [5.41, 5.74) is 3.06. The van der Waals surface area contributed by atoms with Crippen molar-refractivity contribution in [3.8, 4) is 0 Å². The van der Waals surface area contributed by atoms with Crippen LogP contribution in [0.1, 0.15) is 21.5 Å². The first kappa shape index (κ1) is 19.7. The number of ether oxygens (including phenoxy) is 1. The second kappa shape index (κ2) is 9.15. The predicted octanol–water partition coefficient (Wildman–Crippen LogP) is 2.98. The Morgan fingerprint density at radius 1 is 1.04 bits per heavy atom. The zero-order valence-electron chi connectivity index (χ0n) is 14.5. The Morgan fingerprint density at radius 3 is 2.50 bits per heavy atom. The number of esters is 1. The maximum Gasteiger partial charge on any atom is 0.338 e. The quantitative estimate of drug-likeness (QED) is 0.706. The van der Waals surface area contributed by atoms with Crippen LogP contribution in [0, 0.1) is 13.8 Å². The van der Waals surface area contributed by atoms with Gasteiger partial charge in [-0.25, -0.2) is 4.79 Å². The number of hydrogen-bond donors (Lipinski definition) is 2. The zero-order chi connectivity index (χ0) is 19.1. The van der Waals surface area contributed by atoms with E-state index in [0.717, 1.165) is 15.6 Å². The van der Waals surface area contributed by atoms with E-state index in [-0.39, 0.29) is 12.5 Å². The molecule has 2 amide bonds. The van der Waals surface area contributed by atoms with Gasteiger partial charge in [0, 0.05) is 10.2 Å². The molecule has 0 bridgehead atoms. The normalized spacial score (nSPS) is 10.1. The van der Waals surface area contributed by atoms with E-state index < -0.39 is 18.5 Å². The average Bonchev–Trinajstić information content (AvgIpc) is 2.61. The first-order valence-electron chi connectivity index (χ1n) is 7.92. The van der Waals surface area contributed by atoms with Gasteiger partial charge in [0.1, 0.15) is 0 Å². The Hall–Kier alpha value is -2.67. The standard InChI is InChI=1S/C19H19BrN2O4/c1-12-5-3-8-16(13(12)2)22-17(23)10-21-18(24)11-26-19(25)14-6-4-7-15(20)9-14/h3-9H,10-11H2,1-2H3,(H,21,24)(H,22,23).